The Balaban J connectivity index is 2.18. The Kier molecular flexibility index (Phi) is 13.9. The van der Waals surface area contributed by atoms with Gasteiger partial charge in [-0.25, -0.2) is 4.79 Å². The van der Waals surface area contributed by atoms with Crippen LogP contribution in [0, 0.1) is 0 Å². The zero-order valence-electron chi connectivity index (χ0n) is 24.4. The van der Waals surface area contributed by atoms with Crippen molar-refractivity contribution in [3.63, 3.8) is 0 Å². The van der Waals surface area contributed by atoms with Gasteiger partial charge in [-0.15, -0.1) is 0 Å². The van der Waals surface area contributed by atoms with Crippen molar-refractivity contribution in [2.24, 2.45) is 0 Å². The summed E-state index contributed by atoms with van der Waals surface area (Å²) in [5.74, 6) is 0.263. The highest BCUT2D eigenvalue weighted by Gasteiger charge is 2.20. The van der Waals surface area contributed by atoms with Gasteiger partial charge in [0.05, 0.1) is 25.1 Å². The van der Waals surface area contributed by atoms with Crippen LogP contribution < -0.4 is 13.7 Å². The fraction of sp³-hybridized carbons (Fsp3) is 0.516. The molecule has 2 aromatic rings. The summed E-state index contributed by atoms with van der Waals surface area (Å²) in [6.07, 6.45) is 4.73. The molecule has 0 saturated carbocycles. The molecular formula is C31H44O8S. The number of ether oxygens (including phenoxy) is 3. The van der Waals surface area contributed by atoms with E-state index in [0.717, 1.165) is 24.8 Å². The second-order valence-electron chi connectivity index (χ2n) is 9.61. The van der Waals surface area contributed by atoms with Gasteiger partial charge in [0, 0.05) is 12.0 Å². The van der Waals surface area contributed by atoms with Crippen LogP contribution in [0.4, 0.5) is 0 Å². The topological polar surface area (TPSA) is 108 Å². The molecule has 1 unspecified atom stereocenters. The summed E-state index contributed by atoms with van der Waals surface area (Å²) in [4.78, 5) is 12.0. The molecule has 9 heteroatoms. The van der Waals surface area contributed by atoms with Crippen LogP contribution in [0.2, 0.25) is 0 Å². The average molecular weight is 577 g/mol. The summed E-state index contributed by atoms with van der Waals surface area (Å²) < 4.78 is 47.1. The Morgan fingerprint density at radius 1 is 0.900 bits per heavy atom. The van der Waals surface area contributed by atoms with Crippen LogP contribution in [0.1, 0.15) is 84.3 Å². The van der Waals surface area contributed by atoms with Crippen molar-refractivity contribution in [1.29, 1.82) is 0 Å². The van der Waals surface area contributed by atoms with E-state index in [1.165, 1.54) is 0 Å². The van der Waals surface area contributed by atoms with Crippen molar-refractivity contribution >= 4 is 21.7 Å². The highest BCUT2D eigenvalue weighted by Crippen LogP contribution is 2.34. The molecular weight excluding hydrogens is 532 g/mol. The number of allylic oxidation sites excluding steroid dienone is 1. The molecule has 0 heterocycles. The van der Waals surface area contributed by atoms with Gasteiger partial charge in [0.15, 0.2) is 11.5 Å². The fourth-order valence-corrected chi connectivity index (χ4v) is 4.91. The van der Waals surface area contributed by atoms with Gasteiger partial charge in [-0.05, 0) is 68.0 Å². The van der Waals surface area contributed by atoms with Crippen LogP contribution in [0.5, 0.6) is 17.2 Å². The molecule has 2 rings (SSSR count). The van der Waals surface area contributed by atoms with Gasteiger partial charge < -0.3 is 23.5 Å². The van der Waals surface area contributed by atoms with E-state index in [2.05, 4.69) is 6.92 Å². The maximum Gasteiger partial charge on any atom is 0.371 e. The molecule has 1 N–H and O–H groups in total. The smallest absolute Gasteiger partial charge is 0.371 e. The van der Waals surface area contributed by atoms with Crippen molar-refractivity contribution in [1.82, 2.24) is 0 Å². The van der Waals surface area contributed by atoms with Crippen LogP contribution in [0.3, 0.4) is 0 Å². The van der Waals surface area contributed by atoms with E-state index in [-0.39, 0.29) is 17.6 Å². The van der Waals surface area contributed by atoms with Gasteiger partial charge in [0.1, 0.15) is 5.75 Å². The molecule has 0 saturated heterocycles. The molecule has 0 aliphatic carbocycles. The lowest BCUT2D eigenvalue weighted by Gasteiger charge is -2.19. The number of aliphatic carboxylic acids is 1. The second kappa shape index (κ2) is 16.8. The van der Waals surface area contributed by atoms with Crippen LogP contribution in [0.15, 0.2) is 48.2 Å². The maximum atomic E-state index is 12.0. The fourth-order valence-electron chi connectivity index (χ4n) is 3.79. The summed E-state index contributed by atoms with van der Waals surface area (Å²) in [5.41, 5.74) is 2.28. The van der Waals surface area contributed by atoms with Gasteiger partial charge in [0.25, 0.3) is 0 Å². The summed E-state index contributed by atoms with van der Waals surface area (Å²) in [5, 5.41) is 9.83. The number of rotatable bonds is 19. The minimum Gasteiger partial charge on any atom is -0.490 e. The number of unbranched alkanes of at least 4 members (excludes halogenated alkanes) is 2. The number of benzene rings is 2. The van der Waals surface area contributed by atoms with E-state index >= 15 is 0 Å². The Morgan fingerprint density at radius 3 is 2.17 bits per heavy atom. The van der Waals surface area contributed by atoms with E-state index in [4.69, 9.17) is 18.4 Å². The number of hydrogen-bond acceptors (Lipinski definition) is 7. The molecule has 222 valence electrons. The minimum atomic E-state index is -3.59. The number of carboxylic acid groups (broad SMARTS) is 1. The lowest BCUT2D eigenvalue weighted by Crippen LogP contribution is -2.15. The predicted octanol–water partition coefficient (Wildman–Crippen LogP) is 7.02. The molecule has 0 spiro atoms. The Morgan fingerprint density at radius 2 is 1.57 bits per heavy atom. The normalized spacial score (nSPS) is 12.8. The standard InChI is InChI=1S/C31H44O8S/c1-6-10-19-36-29-22-25(27(9-4)30(31(32)33)38-23(5)8-3)14-17-28(29)37-20-18-24-12-15-26(16-13-24)39-40(34,35)21-11-7-2/h12-17,22-23H,6-11,18-21H2,1-5H3,(H,32,33)/b30-27-. The van der Waals surface area contributed by atoms with Gasteiger partial charge in [-0.1, -0.05) is 58.7 Å². The predicted molar refractivity (Wildman–Crippen MR) is 157 cm³/mol. The molecule has 0 amide bonds. The van der Waals surface area contributed by atoms with E-state index < -0.39 is 16.1 Å². The third-order valence-corrected chi connectivity index (χ3v) is 7.54. The Hall–Kier alpha value is -3.20. The summed E-state index contributed by atoms with van der Waals surface area (Å²) in [6, 6.07) is 12.4. The molecule has 1 atom stereocenters. The first-order chi connectivity index (χ1) is 19.1. The largest absolute Gasteiger partial charge is 0.490 e. The summed E-state index contributed by atoms with van der Waals surface area (Å²) in [6.45, 7) is 10.6. The van der Waals surface area contributed by atoms with Gasteiger partial charge in [0.2, 0.25) is 5.76 Å². The van der Waals surface area contributed by atoms with Crippen molar-refractivity contribution in [3.05, 3.63) is 59.4 Å². The SMILES string of the molecule is CCCCOc1cc(/C(CC)=C(\OC(C)CC)C(=O)O)ccc1OCCc1ccc(OS(=O)(=O)CCCC)cc1. The summed E-state index contributed by atoms with van der Waals surface area (Å²) >= 11 is 0. The number of carbonyl (C=O) groups is 1. The van der Waals surface area contributed by atoms with Crippen LogP contribution in [0.25, 0.3) is 5.57 Å². The third-order valence-electron chi connectivity index (χ3n) is 6.31. The number of carboxylic acids is 1. The van der Waals surface area contributed by atoms with Crippen molar-refractivity contribution in [2.45, 2.75) is 85.7 Å². The lowest BCUT2D eigenvalue weighted by molar-refractivity contribution is -0.137. The van der Waals surface area contributed by atoms with E-state index in [1.807, 2.05) is 52.0 Å². The molecule has 8 nitrogen and oxygen atoms in total. The highest BCUT2D eigenvalue weighted by molar-refractivity contribution is 7.87. The third kappa shape index (κ3) is 10.8. The average Bonchev–Trinajstić information content (AvgIpc) is 2.93. The quantitative estimate of drug-likeness (QED) is 0.0823. The van der Waals surface area contributed by atoms with Crippen molar-refractivity contribution in [3.8, 4) is 17.2 Å². The van der Waals surface area contributed by atoms with Crippen molar-refractivity contribution < 1.29 is 36.7 Å². The molecule has 0 aliphatic rings. The van der Waals surface area contributed by atoms with Crippen molar-refractivity contribution in [2.75, 3.05) is 19.0 Å². The maximum absolute atomic E-state index is 12.0. The van der Waals surface area contributed by atoms with E-state index in [9.17, 15) is 18.3 Å². The molecule has 0 bridgehead atoms. The Labute approximate surface area is 239 Å². The zero-order chi connectivity index (χ0) is 29.5. The first kappa shape index (κ1) is 33.0. The monoisotopic (exact) mass is 576 g/mol. The molecule has 0 aliphatic heterocycles. The molecule has 0 aromatic heterocycles. The highest BCUT2D eigenvalue weighted by atomic mass is 32.2. The molecule has 0 radical (unpaired) electrons. The van der Waals surface area contributed by atoms with E-state index in [0.29, 0.717) is 67.3 Å². The molecule has 40 heavy (non-hydrogen) atoms. The first-order valence-corrected chi connectivity index (χ1v) is 15.8. The Bertz CT molecular complexity index is 1200. The van der Waals surface area contributed by atoms with Crippen LogP contribution in [-0.2, 0) is 26.1 Å². The van der Waals surface area contributed by atoms with Crippen LogP contribution >= 0.6 is 0 Å². The molecule has 2 aromatic carbocycles. The summed E-state index contributed by atoms with van der Waals surface area (Å²) in [7, 11) is -3.59. The number of hydrogen-bond donors (Lipinski definition) is 1. The first-order valence-electron chi connectivity index (χ1n) is 14.2. The van der Waals surface area contributed by atoms with E-state index in [1.54, 1.807) is 18.2 Å². The van der Waals surface area contributed by atoms with Gasteiger partial charge in [-0.3, -0.25) is 0 Å². The molecule has 0 fully saturated rings. The second-order valence-corrected chi connectivity index (χ2v) is 11.3. The minimum absolute atomic E-state index is 0.00140. The van der Waals surface area contributed by atoms with Gasteiger partial charge >= 0.3 is 16.1 Å². The van der Waals surface area contributed by atoms with Gasteiger partial charge in [-0.2, -0.15) is 8.42 Å². The zero-order valence-corrected chi connectivity index (χ0v) is 25.2. The van der Waals surface area contributed by atoms with Crippen LogP contribution in [-0.4, -0.2) is 44.6 Å². The lowest BCUT2D eigenvalue weighted by atomic mass is 10.0.